The van der Waals surface area contributed by atoms with Crippen LogP contribution in [0.1, 0.15) is 17.3 Å². The lowest BCUT2D eigenvalue weighted by Gasteiger charge is -2.03. The molecule has 2 rings (SSSR count). The van der Waals surface area contributed by atoms with Gasteiger partial charge in [-0.3, -0.25) is 4.68 Å². The largest absolute Gasteiger partial charge is 0.478 e. The molecule has 0 aliphatic rings. The number of aromatic nitrogens is 2. The van der Waals surface area contributed by atoms with E-state index in [4.69, 9.17) is 9.84 Å². The summed E-state index contributed by atoms with van der Waals surface area (Å²) in [6, 6.07) is 6.34. The van der Waals surface area contributed by atoms with E-state index in [0.29, 0.717) is 11.5 Å². The molecule has 5 heteroatoms. The molecule has 2 aromatic rings. The second kappa shape index (κ2) is 4.69. The molecule has 0 saturated carbocycles. The van der Waals surface area contributed by atoms with Crippen LogP contribution < -0.4 is 4.74 Å². The van der Waals surface area contributed by atoms with Gasteiger partial charge in [-0.15, -0.1) is 0 Å². The van der Waals surface area contributed by atoms with E-state index in [-0.39, 0.29) is 5.56 Å². The van der Waals surface area contributed by atoms with Crippen LogP contribution in [0.25, 0.3) is 0 Å². The summed E-state index contributed by atoms with van der Waals surface area (Å²) in [5.41, 5.74) is 0.199. The summed E-state index contributed by atoms with van der Waals surface area (Å²) in [5.74, 6) is 0.106. The average molecular weight is 232 g/mol. The van der Waals surface area contributed by atoms with Gasteiger partial charge < -0.3 is 9.84 Å². The quantitative estimate of drug-likeness (QED) is 0.879. The molecule has 0 amide bonds. The van der Waals surface area contributed by atoms with E-state index in [2.05, 4.69) is 5.10 Å². The van der Waals surface area contributed by atoms with Crippen LogP contribution >= 0.6 is 0 Å². The Balaban J connectivity index is 2.18. The highest BCUT2D eigenvalue weighted by Crippen LogP contribution is 2.21. The predicted octanol–water partition coefficient (Wildman–Crippen LogP) is 2.39. The summed E-state index contributed by atoms with van der Waals surface area (Å²) in [4.78, 5) is 10.8. The van der Waals surface area contributed by atoms with Crippen molar-refractivity contribution >= 4 is 5.97 Å². The Morgan fingerprint density at radius 1 is 1.47 bits per heavy atom. The Kier molecular flexibility index (Phi) is 3.09. The van der Waals surface area contributed by atoms with Crippen LogP contribution in [0.2, 0.25) is 0 Å². The molecule has 0 aliphatic carbocycles. The average Bonchev–Trinajstić information content (AvgIpc) is 2.77. The molecule has 1 heterocycles. The molecule has 1 aromatic heterocycles. The van der Waals surface area contributed by atoms with Crippen molar-refractivity contribution in [1.82, 2.24) is 9.78 Å². The molecule has 0 atom stereocenters. The number of aromatic carboxylic acids is 1. The number of ether oxygens (including phenoxy) is 1. The van der Waals surface area contributed by atoms with Crippen LogP contribution in [0.4, 0.5) is 0 Å². The number of hydrogen-bond donors (Lipinski definition) is 1. The van der Waals surface area contributed by atoms with E-state index >= 15 is 0 Å². The third kappa shape index (κ3) is 2.63. The molecule has 0 fully saturated rings. The van der Waals surface area contributed by atoms with Gasteiger partial charge in [0.05, 0.1) is 18.0 Å². The maximum absolute atomic E-state index is 10.8. The summed E-state index contributed by atoms with van der Waals surface area (Å²) >= 11 is 0. The van der Waals surface area contributed by atoms with E-state index in [1.54, 1.807) is 29.2 Å². The topological polar surface area (TPSA) is 64.3 Å². The highest BCUT2D eigenvalue weighted by Gasteiger charge is 2.05. The summed E-state index contributed by atoms with van der Waals surface area (Å²) in [5, 5.41) is 12.9. The third-order valence-corrected chi connectivity index (χ3v) is 2.25. The van der Waals surface area contributed by atoms with Gasteiger partial charge >= 0.3 is 5.97 Å². The fraction of sp³-hybridized carbons (Fsp3) is 0.167. The SMILES string of the molecule is CCn1cc(Oc2cccc(C(=O)O)c2)cn1. The highest BCUT2D eigenvalue weighted by atomic mass is 16.5. The van der Waals surface area contributed by atoms with Crippen LogP contribution in [0, 0.1) is 0 Å². The van der Waals surface area contributed by atoms with Crippen molar-refractivity contribution < 1.29 is 14.6 Å². The van der Waals surface area contributed by atoms with Crippen molar-refractivity contribution in [1.29, 1.82) is 0 Å². The molecule has 0 spiro atoms. The Hall–Kier alpha value is -2.30. The molecule has 0 radical (unpaired) electrons. The third-order valence-electron chi connectivity index (χ3n) is 2.25. The van der Waals surface area contributed by atoms with Crippen molar-refractivity contribution in [3.63, 3.8) is 0 Å². The number of nitrogens with zero attached hydrogens (tertiary/aromatic N) is 2. The first-order chi connectivity index (χ1) is 8.19. The van der Waals surface area contributed by atoms with E-state index in [1.807, 2.05) is 6.92 Å². The number of rotatable bonds is 4. The first kappa shape index (κ1) is 11.2. The highest BCUT2D eigenvalue weighted by molar-refractivity contribution is 5.88. The van der Waals surface area contributed by atoms with Crippen molar-refractivity contribution in [2.45, 2.75) is 13.5 Å². The second-order valence-electron chi connectivity index (χ2n) is 3.47. The molecular formula is C12H12N2O3. The molecule has 0 bridgehead atoms. The van der Waals surface area contributed by atoms with Crippen molar-refractivity contribution in [2.75, 3.05) is 0 Å². The van der Waals surface area contributed by atoms with E-state index < -0.39 is 5.97 Å². The molecular weight excluding hydrogens is 220 g/mol. The summed E-state index contributed by atoms with van der Waals surface area (Å²) in [6.45, 7) is 2.74. The van der Waals surface area contributed by atoms with Gasteiger partial charge in [0.2, 0.25) is 0 Å². The van der Waals surface area contributed by atoms with Crippen LogP contribution in [-0.2, 0) is 6.54 Å². The number of carboxylic acid groups (broad SMARTS) is 1. The van der Waals surface area contributed by atoms with Gasteiger partial charge in [-0.2, -0.15) is 5.10 Å². The Morgan fingerprint density at radius 2 is 2.29 bits per heavy atom. The number of aryl methyl sites for hydroxylation is 1. The van der Waals surface area contributed by atoms with Gasteiger partial charge in [-0.05, 0) is 25.1 Å². The second-order valence-corrected chi connectivity index (χ2v) is 3.47. The van der Waals surface area contributed by atoms with Gasteiger partial charge in [0, 0.05) is 6.54 Å². The standard InChI is InChI=1S/C12H12N2O3/c1-2-14-8-11(7-13-14)17-10-5-3-4-9(6-10)12(15)16/h3-8H,2H2,1H3,(H,15,16). The zero-order valence-electron chi connectivity index (χ0n) is 9.33. The first-order valence-corrected chi connectivity index (χ1v) is 5.22. The predicted molar refractivity (Wildman–Crippen MR) is 61.4 cm³/mol. The van der Waals surface area contributed by atoms with Gasteiger partial charge in [-0.1, -0.05) is 6.07 Å². The number of carbonyl (C=O) groups is 1. The zero-order valence-corrected chi connectivity index (χ0v) is 9.33. The number of benzene rings is 1. The molecule has 1 aromatic carbocycles. The van der Waals surface area contributed by atoms with E-state index in [0.717, 1.165) is 6.54 Å². The van der Waals surface area contributed by atoms with Crippen LogP contribution in [0.5, 0.6) is 11.5 Å². The molecule has 0 unspecified atom stereocenters. The number of hydrogen-bond acceptors (Lipinski definition) is 3. The lowest BCUT2D eigenvalue weighted by Crippen LogP contribution is -1.96. The molecule has 1 N–H and O–H groups in total. The first-order valence-electron chi connectivity index (χ1n) is 5.22. The molecule has 0 aliphatic heterocycles. The maximum Gasteiger partial charge on any atom is 0.335 e. The lowest BCUT2D eigenvalue weighted by molar-refractivity contribution is 0.0696. The van der Waals surface area contributed by atoms with Crippen molar-refractivity contribution in [3.05, 3.63) is 42.2 Å². The summed E-state index contributed by atoms with van der Waals surface area (Å²) < 4.78 is 7.24. The maximum atomic E-state index is 10.8. The van der Waals surface area contributed by atoms with Gasteiger partial charge in [-0.25, -0.2) is 4.79 Å². The minimum atomic E-state index is -0.972. The van der Waals surface area contributed by atoms with Crippen molar-refractivity contribution in [3.8, 4) is 11.5 Å². The molecule has 0 saturated heterocycles. The van der Waals surface area contributed by atoms with Crippen molar-refractivity contribution in [2.24, 2.45) is 0 Å². The van der Waals surface area contributed by atoms with E-state index in [1.165, 1.54) is 12.1 Å². The van der Waals surface area contributed by atoms with Crippen LogP contribution in [0.3, 0.4) is 0 Å². The lowest BCUT2D eigenvalue weighted by atomic mass is 10.2. The monoisotopic (exact) mass is 232 g/mol. The minimum Gasteiger partial charge on any atom is -0.478 e. The van der Waals surface area contributed by atoms with Gasteiger partial charge in [0.15, 0.2) is 5.75 Å². The Morgan fingerprint density at radius 3 is 2.94 bits per heavy atom. The molecule has 17 heavy (non-hydrogen) atoms. The normalized spacial score (nSPS) is 10.2. The van der Waals surface area contributed by atoms with Crippen LogP contribution in [-0.4, -0.2) is 20.9 Å². The zero-order chi connectivity index (χ0) is 12.3. The minimum absolute atomic E-state index is 0.199. The summed E-state index contributed by atoms with van der Waals surface area (Å²) in [6.07, 6.45) is 3.35. The molecule has 88 valence electrons. The summed E-state index contributed by atoms with van der Waals surface area (Å²) in [7, 11) is 0. The van der Waals surface area contributed by atoms with Gasteiger partial charge in [0.25, 0.3) is 0 Å². The smallest absolute Gasteiger partial charge is 0.335 e. The molecule has 5 nitrogen and oxygen atoms in total. The Labute approximate surface area is 98.3 Å². The van der Waals surface area contributed by atoms with Crippen LogP contribution in [0.15, 0.2) is 36.7 Å². The Bertz CT molecular complexity index is 534. The van der Waals surface area contributed by atoms with Gasteiger partial charge in [0.1, 0.15) is 5.75 Å². The number of carboxylic acids is 1. The fourth-order valence-corrected chi connectivity index (χ4v) is 1.40. The van der Waals surface area contributed by atoms with E-state index in [9.17, 15) is 4.79 Å². The fourth-order valence-electron chi connectivity index (χ4n) is 1.40.